The molecule has 0 fully saturated rings. The SMILES string of the molecule is O=C(Nc1ccn(Cc2cccc(Cl)c2)n1)c1ccc(COc2c(Cl)cc(Cl)cc2Cl)o1. The lowest BCUT2D eigenvalue weighted by molar-refractivity contribution is 0.0992. The molecule has 164 valence electrons. The van der Waals surface area contributed by atoms with Crippen molar-refractivity contribution in [3.05, 3.63) is 98.0 Å². The second kappa shape index (κ2) is 9.88. The van der Waals surface area contributed by atoms with E-state index in [1.54, 1.807) is 35.1 Å². The number of nitrogens with one attached hydrogen (secondary N) is 1. The first-order valence-corrected chi connectivity index (χ1v) is 10.8. The molecule has 10 heteroatoms. The van der Waals surface area contributed by atoms with Gasteiger partial charge in [-0.1, -0.05) is 58.5 Å². The van der Waals surface area contributed by atoms with Gasteiger partial charge in [-0.3, -0.25) is 9.48 Å². The summed E-state index contributed by atoms with van der Waals surface area (Å²) in [4.78, 5) is 12.5. The number of aromatic nitrogens is 2. The molecule has 1 amide bonds. The quantitative estimate of drug-likeness (QED) is 0.291. The summed E-state index contributed by atoms with van der Waals surface area (Å²) in [5.41, 5.74) is 0.995. The van der Waals surface area contributed by atoms with Crippen LogP contribution in [0.5, 0.6) is 5.75 Å². The molecule has 0 radical (unpaired) electrons. The fraction of sp³-hybridized carbons (Fsp3) is 0.0909. The van der Waals surface area contributed by atoms with Gasteiger partial charge in [0.15, 0.2) is 17.3 Å². The summed E-state index contributed by atoms with van der Waals surface area (Å²) in [6, 6.07) is 15.4. The Hall–Kier alpha value is -2.64. The van der Waals surface area contributed by atoms with Crippen LogP contribution in [-0.4, -0.2) is 15.7 Å². The zero-order valence-corrected chi connectivity index (χ0v) is 19.3. The minimum Gasteiger partial charge on any atom is -0.483 e. The molecular formula is C22H15Cl4N3O3. The third kappa shape index (κ3) is 5.58. The summed E-state index contributed by atoms with van der Waals surface area (Å²) in [7, 11) is 0. The highest BCUT2D eigenvalue weighted by molar-refractivity contribution is 6.40. The maximum absolute atomic E-state index is 12.5. The fourth-order valence-corrected chi connectivity index (χ4v) is 4.04. The van der Waals surface area contributed by atoms with E-state index in [2.05, 4.69) is 10.4 Å². The summed E-state index contributed by atoms with van der Waals surface area (Å²) < 4.78 is 12.9. The molecule has 0 spiro atoms. The van der Waals surface area contributed by atoms with Gasteiger partial charge in [0.2, 0.25) is 0 Å². The summed E-state index contributed by atoms with van der Waals surface area (Å²) in [6.45, 7) is 0.553. The van der Waals surface area contributed by atoms with Gasteiger partial charge in [-0.15, -0.1) is 0 Å². The molecule has 0 saturated carbocycles. The molecule has 32 heavy (non-hydrogen) atoms. The number of carbonyl (C=O) groups is 1. The molecule has 0 unspecified atom stereocenters. The number of furan rings is 1. The van der Waals surface area contributed by atoms with Gasteiger partial charge in [0, 0.05) is 22.3 Å². The zero-order valence-electron chi connectivity index (χ0n) is 16.3. The molecule has 1 N–H and O–H groups in total. The van der Waals surface area contributed by atoms with Gasteiger partial charge in [0.05, 0.1) is 16.6 Å². The molecule has 0 aliphatic rings. The van der Waals surface area contributed by atoms with Gasteiger partial charge >= 0.3 is 0 Å². The lowest BCUT2D eigenvalue weighted by Crippen LogP contribution is -2.12. The third-order valence-electron chi connectivity index (χ3n) is 4.32. The van der Waals surface area contributed by atoms with Gasteiger partial charge in [0.25, 0.3) is 5.91 Å². The second-order valence-corrected chi connectivity index (χ2v) is 8.42. The Morgan fingerprint density at radius 2 is 1.78 bits per heavy atom. The van der Waals surface area contributed by atoms with Crippen molar-refractivity contribution >= 4 is 58.1 Å². The van der Waals surface area contributed by atoms with Crippen LogP contribution in [0.4, 0.5) is 5.82 Å². The first-order valence-electron chi connectivity index (χ1n) is 9.33. The Bertz CT molecular complexity index is 1250. The Labute approximate surface area is 203 Å². The molecule has 2 heterocycles. The summed E-state index contributed by atoms with van der Waals surface area (Å²) in [6.07, 6.45) is 1.76. The van der Waals surface area contributed by atoms with Crippen LogP contribution < -0.4 is 10.1 Å². The summed E-state index contributed by atoms with van der Waals surface area (Å²) >= 11 is 24.1. The van der Waals surface area contributed by atoms with Gasteiger partial charge < -0.3 is 14.5 Å². The molecule has 4 aromatic rings. The standard InChI is InChI=1S/C22H15Cl4N3O3/c23-14-3-1-2-13(8-14)11-29-7-6-20(28-29)27-22(30)19-5-4-16(32-19)12-31-21-17(25)9-15(24)10-18(21)26/h1-10H,11-12H2,(H,27,28,30). The predicted octanol–water partition coefficient (Wildman–Crippen LogP) is 6.97. The van der Waals surface area contributed by atoms with Crippen LogP contribution in [0.3, 0.4) is 0 Å². The Kier molecular flexibility index (Phi) is 6.96. The van der Waals surface area contributed by atoms with E-state index < -0.39 is 5.91 Å². The highest BCUT2D eigenvalue weighted by Gasteiger charge is 2.15. The number of ether oxygens (including phenoxy) is 1. The minimum absolute atomic E-state index is 0.0304. The van der Waals surface area contributed by atoms with Crippen molar-refractivity contribution in [3.8, 4) is 5.75 Å². The van der Waals surface area contributed by atoms with E-state index in [0.29, 0.717) is 28.2 Å². The second-order valence-electron chi connectivity index (χ2n) is 6.74. The highest BCUT2D eigenvalue weighted by Crippen LogP contribution is 2.36. The van der Waals surface area contributed by atoms with Crippen LogP contribution in [-0.2, 0) is 13.2 Å². The van der Waals surface area contributed by atoms with Gasteiger partial charge in [-0.05, 0) is 42.0 Å². The number of benzene rings is 2. The van der Waals surface area contributed by atoms with Crippen molar-refractivity contribution in [2.24, 2.45) is 0 Å². The van der Waals surface area contributed by atoms with Crippen molar-refractivity contribution in [1.29, 1.82) is 0 Å². The Morgan fingerprint density at radius 1 is 1.00 bits per heavy atom. The van der Waals surface area contributed by atoms with Crippen molar-refractivity contribution in [2.75, 3.05) is 5.32 Å². The van der Waals surface area contributed by atoms with Crippen LogP contribution in [0, 0.1) is 0 Å². The van der Waals surface area contributed by atoms with E-state index in [4.69, 9.17) is 55.6 Å². The number of anilines is 1. The number of rotatable bonds is 7. The first kappa shape index (κ1) is 22.6. The Morgan fingerprint density at radius 3 is 2.53 bits per heavy atom. The molecule has 0 aliphatic heterocycles. The molecule has 0 bridgehead atoms. The maximum atomic E-state index is 12.5. The van der Waals surface area contributed by atoms with Crippen LogP contribution in [0.15, 0.2) is 65.2 Å². The van der Waals surface area contributed by atoms with Gasteiger partial charge in [0.1, 0.15) is 12.4 Å². The summed E-state index contributed by atoms with van der Waals surface area (Å²) in [5, 5.41) is 8.66. The minimum atomic E-state index is -0.438. The number of hydrogen-bond donors (Lipinski definition) is 1. The number of carbonyl (C=O) groups excluding carboxylic acids is 1. The largest absolute Gasteiger partial charge is 0.483 e. The third-order valence-corrected chi connectivity index (χ3v) is 5.34. The van der Waals surface area contributed by atoms with E-state index in [-0.39, 0.29) is 28.2 Å². The topological polar surface area (TPSA) is 69.3 Å². The predicted molar refractivity (Wildman–Crippen MR) is 125 cm³/mol. The van der Waals surface area contributed by atoms with E-state index in [1.807, 2.05) is 18.2 Å². The normalized spacial score (nSPS) is 10.9. The number of amides is 1. The van der Waals surface area contributed by atoms with E-state index in [0.717, 1.165) is 5.56 Å². The zero-order chi connectivity index (χ0) is 22.7. The maximum Gasteiger partial charge on any atom is 0.292 e. The molecule has 0 atom stereocenters. The lowest BCUT2D eigenvalue weighted by Gasteiger charge is -2.09. The number of nitrogens with zero attached hydrogens (tertiary/aromatic N) is 2. The summed E-state index contributed by atoms with van der Waals surface area (Å²) in [5.74, 6) is 0.771. The van der Waals surface area contributed by atoms with Gasteiger partial charge in [-0.25, -0.2) is 0 Å². The van der Waals surface area contributed by atoms with Crippen LogP contribution >= 0.6 is 46.4 Å². The molecule has 6 nitrogen and oxygen atoms in total. The Balaban J connectivity index is 1.36. The van der Waals surface area contributed by atoms with Crippen LogP contribution in [0.2, 0.25) is 20.1 Å². The fourth-order valence-electron chi connectivity index (χ4n) is 2.90. The van der Waals surface area contributed by atoms with E-state index in [1.165, 1.54) is 12.1 Å². The van der Waals surface area contributed by atoms with Crippen molar-refractivity contribution in [3.63, 3.8) is 0 Å². The average Bonchev–Trinajstić information content (AvgIpc) is 3.37. The lowest BCUT2D eigenvalue weighted by atomic mass is 10.2. The van der Waals surface area contributed by atoms with Crippen molar-refractivity contribution in [1.82, 2.24) is 9.78 Å². The molecular weight excluding hydrogens is 496 g/mol. The molecule has 0 saturated heterocycles. The van der Waals surface area contributed by atoms with Crippen molar-refractivity contribution in [2.45, 2.75) is 13.2 Å². The average molecular weight is 511 g/mol. The van der Waals surface area contributed by atoms with Crippen molar-refractivity contribution < 1.29 is 13.9 Å². The van der Waals surface area contributed by atoms with E-state index in [9.17, 15) is 4.79 Å². The first-order chi connectivity index (χ1) is 15.4. The molecule has 4 rings (SSSR count). The smallest absolute Gasteiger partial charge is 0.292 e. The van der Waals surface area contributed by atoms with Gasteiger partial charge in [-0.2, -0.15) is 5.10 Å². The molecule has 2 aromatic heterocycles. The van der Waals surface area contributed by atoms with Crippen LogP contribution in [0.25, 0.3) is 0 Å². The monoisotopic (exact) mass is 509 g/mol. The van der Waals surface area contributed by atoms with Crippen LogP contribution in [0.1, 0.15) is 21.9 Å². The highest BCUT2D eigenvalue weighted by atomic mass is 35.5. The molecule has 2 aromatic carbocycles. The number of hydrogen-bond acceptors (Lipinski definition) is 4. The number of halogens is 4. The van der Waals surface area contributed by atoms with E-state index >= 15 is 0 Å². The molecule has 0 aliphatic carbocycles.